The van der Waals surface area contributed by atoms with Crippen molar-refractivity contribution in [3.63, 3.8) is 0 Å². The van der Waals surface area contributed by atoms with E-state index in [1.54, 1.807) is 0 Å². The van der Waals surface area contributed by atoms with Gasteiger partial charge in [0.2, 0.25) is 0 Å². The van der Waals surface area contributed by atoms with Crippen LogP contribution in [0.3, 0.4) is 0 Å². The van der Waals surface area contributed by atoms with Crippen LogP contribution in [-0.4, -0.2) is 5.78 Å². The molecule has 1 aliphatic rings. The summed E-state index contributed by atoms with van der Waals surface area (Å²) in [5.74, 6) is 1.52. The van der Waals surface area contributed by atoms with E-state index in [1.165, 1.54) is 5.57 Å². The molecule has 0 aliphatic heterocycles. The van der Waals surface area contributed by atoms with E-state index in [1.807, 2.05) is 13.8 Å². The highest BCUT2D eigenvalue weighted by Gasteiger charge is 2.19. The van der Waals surface area contributed by atoms with Crippen molar-refractivity contribution in [2.24, 2.45) is 11.8 Å². The predicted molar refractivity (Wildman–Crippen MR) is 64.7 cm³/mol. The highest BCUT2D eigenvalue weighted by Crippen LogP contribution is 2.31. The first-order valence-corrected chi connectivity index (χ1v) is 5.91. The molecule has 15 heavy (non-hydrogen) atoms. The molecule has 2 atom stereocenters. The molecule has 1 aliphatic carbocycles. The number of hydrogen-bond acceptors (Lipinski definition) is 1. The third kappa shape index (κ3) is 3.33. The van der Waals surface area contributed by atoms with Crippen LogP contribution in [-0.2, 0) is 4.79 Å². The largest absolute Gasteiger partial charge is 0.295 e. The monoisotopic (exact) mass is 206 g/mol. The summed E-state index contributed by atoms with van der Waals surface area (Å²) >= 11 is 0. The summed E-state index contributed by atoms with van der Waals surface area (Å²) in [6.45, 7) is 8.33. The van der Waals surface area contributed by atoms with Gasteiger partial charge in [0, 0.05) is 6.42 Å². The maximum absolute atomic E-state index is 11.5. The van der Waals surface area contributed by atoms with Crippen molar-refractivity contribution >= 4 is 5.78 Å². The van der Waals surface area contributed by atoms with Crippen molar-refractivity contribution in [3.05, 3.63) is 23.3 Å². The van der Waals surface area contributed by atoms with E-state index >= 15 is 0 Å². The van der Waals surface area contributed by atoms with Crippen molar-refractivity contribution in [1.82, 2.24) is 0 Å². The molecule has 1 nitrogen and oxygen atoms in total. The molecule has 0 spiro atoms. The Balaban J connectivity index is 2.72. The maximum atomic E-state index is 11.5. The minimum atomic E-state index is 0.286. The van der Waals surface area contributed by atoms with Crippen LogP contribution in [0.1, 0.15) is 47.0 Å². The highest BCUT2D eigenvalue weighted by atomic mass is 16.1. The third-order valence-corrected chi connectivity index (χ3v) is 3.35. The molecule has 0 heterocycles. The first-order valence-electron chi connectivity index (χ1n) is 5.91. The lowest BCUT2D eigenvalue weighted by Crippen LogP contribution is -2.15. The van der Waals surface area contributed by atoms with E-state index in [-0.39, 0.29) is 5.78 Å². The van der Waals surface area contributed by atoms with Gasteiger partial charge in [-0.15, -0.1) is 0 Å². The van der Waals surface area contributed by atoms with Gasteiger partial charge in [-0.1, -0.05) is 31.6 Å². The molecule has 0 saturated carbocycles. The Morgan fingerprint density at radius 1 is 1.60 bits per heavy atom. The molecule has 0 aromatic rings. The smallest absolute Gasteiger partial charge is 0.157 e. The second-order valence-electron chi connectivity index (χ2n) is 4.76. The van der Waals surface area contributed by atoms with Crippen LogP contribution in [0.15, 0.2) is 23.3 Å². The van der Waals surface area contributed by atoms with Crippen LogP contribution in [0.5, 0.6) is 0 Å². The standard InChI is InChI=1S/C14H22O/c1-5-14(15)12(4)9-13-8-10(2)6-7-11(13)3/h6,9,11,13H,5,7-8H2,1-4H3/b12-9+/t11-,13+/m0/s1. The quantitative estimate of drug-likeness (QED) is 0.505. The Labute approximate surface area is 93.3 Å². The van der Waals surface area contributed by atoms with Crippen LogP contribution in [0.4, 0.5) is 0 Å². The summed E-state index contributed by atoms with van der Waals surface area (Å²) < 4.78 is 0. The molecule has 0 fully saturated rings. The Morgan fingerprint density at radius 3 is 2.87 bits per heavy atom. The zero-order valence-electron chi connectivity index (χ0n) is 10.3. The van der Waals surface area contributed by atoms with Crippen molar-refractivity contribution in [3.8, 4) is 0 Å². The highest BCUT2D eigenvalue weighted by molar-refractivity contribution is 5.94. The van der Waals surface area contributed by atoms with E-state index in [4.69, 9.17) is 0 Å². The van der Waals surface area contributed by atoms with Gasteiger partial charge in [-0.3, -0.25) is 4.79 Å². The Morgan fingerprint density at radius 2 is 2.27 bits per heavy atom. The van der Waals surface area contributed by atoms with E-state index in [2.05, 4.69) is 26.0 Å². The Bertz CT molecular complexity index is 296. The molecular formula is C14H22O. The van der Waals surface area contributed by atoms with Gasteiger partial charge in [0.15, 0.2) is 5.78 Å². The Hall–Kier alpha value is -0.850. The van der Waals surface area contributed by atoms with Crippen LogP contribution < -0.4 is 0 Å². The van der Waals surface area contributed by atoms with Crippen molar-refractivity contribution < 1.29 is 4.79 Å². The zero-order valence-corrected chi connectivity index (χ0v) is 10.3. The summed E-state index contributed by atoms with van der Waals surface area (Å²) in [5, 5.41) is 0. The van der Waals surface area contributed by atoms with Crippen molar-refractivity contribution in [1.29, 1.82) is 0 Å². The number of carbonyl (C=O) groups is 1. The third-order valence-electron chi connectivity index (χ3n) is 3.35. The number of hydrogen-bond donors (Lipinski definition) is 0. The molecule has 0 amide bonds. The lowest BCUT2D eigenvalue weighted by molar-refractivity contribution is -0.115. The van der Waals surface area contributed by atoms with Crippen molar-refractivity contribution in [2.45, 2.75) is 47.0 Å². The molecule has 0 radical (unpaired) electrons. The minimum absolute atomic E-state index is 0.286. The fraction of sp³-hybridized carbons (Fsp3) is 0.643. The van der Waals surface area contributed by atoms with Crippen LogP contribution in [0.2, 0.25) is 0 Å². The fourth-order valence-corrected chi connectivity index (χ4v) is 2.13. The summed E-state index contributed by atoms with van der Waals surface area (Å²) in [6, 6.07) is 0. The summed E-state index contributed by atoms with van der Waals surface area (Å²) in [4.78, 5) is 11.5. The number of allylic oxidation sites excluding steroid dienone is 4. The van der Waals surface area contributed by atoms with Crippen LogP contribution >= 0.6 is 0 Å². The molecular weight excluding hydrogens is 184 g/mol. The summed E-state index contributed by atoms with van der Waals surface area (Å²) in [7, 11) is 0. The second-order valence-corrected chi connectivity index (χ2v) is 4.76. The number of Topliss-reactive ketones (excluding diaryl/α,β-unsaturated/α-hetero) is 1. The average molecular weight is 206 g/mol. The lowest BCUT2D eigenvalue weighted by atomic mass is 9.80. The van der Waals surface area contributed by atoms with Gasteiger partial charge in [0.25, 0.3) is 0 Å². The first-order chi connectivity index (χ1) is 7.04. The molecule has 0 N–H and O–H groups in total. The number of carbonyl (C=O) groups excluding carboxylic acids is 1. The molecule has 0 saturated heterocycles. The van der Waals surface area contributed by atoms with Crippen LogP contribution in [0, 0.1) is 11.8 Å². The van der Waals surface area contributed by atoms with E-state index in [9.17, 15) is 4.79 Å². The molecule has 0 aromatic heterocycles. The van der Waals surface area contributed by atoms with Gasteiger partial charge >= 0.3 is 0 Å². The number of rotatable bonds is 3. The van der Waals surface area contributed by atoms with E-state index in [0.717, 1.165) is 18.4 Å². The predicted octanol–water partition coefficient (Wildman–Crippen LogP) is 3.90. The van der Waals surface area contributed by atoms with Gasteiger partial charge < -0.3 is 0 Å². The van der Waals surface area contributed by atoms with Gasteiger partial charge in [-0.2, -0.15) is 0 Å². The topological polar surface area (TPSA) is 17.1 Å². The zero-order chi connectivity index (χ0) is 11.4. The van der Waals surface area contributed by atoms with Crippen LogP contribution in [0.25, 0.3) is 0 Å². The second kappa shape index (κ2) is 5.29. The Kier molecular flexibility index (Phi) is 4.31. The molecule has 1 rings (SSSR count). The minimum Gasteiger partial charge on any atom is -0.295 e. The van der Waals surface area contributed by atoms with E-state index < -0.39 is 0 Å². The summed E-state index contributed by atoms with van der Waals surface area (Å²) in [5.41, 5.74) is 2.41. The van der Waals surface area contributed by atoms with Gasteiger partial charge in [-0.05, 0) is 44.1 Å². The first kappa shape index (κ1) is 12.2. The van der Waals surface area contributed by atoms with Gasteiger partial charge in [0.05, 0.1) is 0 Å². The molecule has 0 unspecified atom stereocenters. The molecule has 0 aromatic carbocycles. The maximum Gasteiger partial charge on any atom is 0.157 e. The molecule has 0 bridgehead atoms. The fourth-order valence-electron chi connectivity index (χ4n) is 2.13. The normalized spacial score (nSPS) is 27.5. The van der Waals surface area contributed by atoms with Gasteiger partial charge in [-0.25, -0.2) is 0 Å². The molecule has 84 valence electrons. The van der Waals surface area contributed by atoms with Gasteiger partial charge in [0.1, 0.15) is 0 Å². The summed E-state index contributed by atoms with van der Waals surface area (Å²) in [6.07, 6.45) is 7.41. The SMILES string of the molecule is CCC(=O)/C(C)=C/[C@H]1CC(C)=CC[C@@H]1C. The molecule has 1 heteroatoms. The number of ketones is 1. The van der Waals surface area contributed by atoms with E-state index in [0.29, 0.717) is 18.3 Å². The lowest BCUT2D eigenvalue weighted by Gasteiger charge is -2.25. The van der Waals surface area contributed by atoms with Crippen molar-refractivity contribution in [2.75, 3.05) is 0 Å². The average Bonchev–Trinajstić information content (AvgIpc) is 2.22.